The molecule has 0 fully saturated rings. The molecule has 1 N–H and O–H groups in total. The van der Waals surface area contributed by atoms with Crippen molar-refractivity contribution in [3.63, 3.8) is 0 Å². The van der Waals surface area contributed by atoms with Crippen LogP contribution in [0.1, 0.15) is 11.1 Å². The van der Waals surface area contributed by atoms with Crippen molar-refractivity contribution in [2.45, 2.75) is 6.18 Å². The Hall–Kier alpha value is -2.63. The molecule has 0 radical (unpaired) electrons. The molecule has 0 spiro atoms. The van der Waals surface area contributed by atoms with E-state index in [0.29, 0.717) is 11.1 Å². The van der Waals surface area contributed by atoms with Gasteiger partial charge >= 0.3 is 12.1 Å². The van der Waals surface area contributed by atoms with Crippen LogP contribution >= 0.6 is 0 Å². The van der Waals surface area contributed by atoms with Gasteiger partial charge in [0, 0.05) is 18.5 Å². The van der Waals surface area contributed by atoms with Crippen molar-refractivity contribution in [1.82, 2.24) is 4.98 Å². The average molecular weight is 293 g/mol. The molecule has 0 aliphatic rings. The maximum absolute atomic E-state index is 12.9. The number of pyridine rings is 1. The van der Waals surface area contributed by atoms with Crippen molar-refractivity contribution in [3.8, 4) is 11.1 Å². The van der Waals surface area contributed by atoms with Gasteiger partial charge in [-0.05, 0) is 53.1 Å². The smallest absolute Gasteiger partial charge is 0.416 e. The van der Waals surface area contributed by atoms with E-state index in [1.54, 1.807) is 12.1 Å². The predicted molar refractivity (Wildman–Crippen MR) is 71.3 cm³/mol. The molecule has 0 saturated carbocycles. The number of carbonyl (C=O) groups is 1. The summed E-state index contributed by atoms with van der Waals surface area (Å²) in [6, 6.07) is 6.59. The van der Waals surface area contributed by atoms with E-state index in [9.17, 15) is 18.0 Å². The van der Waals surface area contributed by atoms with Gasteiger partial charge in [0.1, 0.15) is 0 Å². The Morgan fingerprint density at radius 2 is 1.76 bits per heavy atom. The first-order valence-corrected chi connectivity index (χ1v) is 5.90. The molecule has 1 heterocycles. The monoisotopic (exact) mass is 293 g/mol. The van der Waals surface area contributed by atoms with Crippen LogP contribution in [0.2, 0.25) is 0 Å². The topological polar surface area (TPSA) is 50.2 Å². The second-order valence-corrected chi connectivity index (χ2v) is 4.25. The van der Waals surface area contributed by atoms with Gasteiger partial charge in [-0.3, -0.25) is 4.98 Å². The molecule has 1 aromatic heterocycles. The van der Waals surface area contributed by atoms with Crippen LogP contribution in [0.15, 0.2) is 48.8 Å². The zero-order valence-electron chi connectivity index (χ0n) is 10.6. The summed E-state index contributed by atoms with van der Waals surface area (Å²) >= 11 is 0. The summed E-state index contributed by atoms with van der Waals surface area (Å²) in [4.78, 5) is 14.3. The van der Waals surface area contributed by atoms with E-state index >= 15 is 0 Å². The zero-order valence-corrected chi connectivity index (χ0v) is 10.6. The van der Waals surface area contributed by atoms with E-state index in [-0.39, 0.29) is 5.56 Å². The van der Waals surface area contributed by atoms with Crippen LogP contribution in [0.3, 0.4) is 0 Å². The van der Waals surface area contributed by atoms with Crippen LogP contribution in [0.25, 0.3) is 17.2 Å². The number of aromatic nitrogens is 1. The van der Waals surface area contributed by atoms with Gasteiger partial charge in [-0.2, -0.15) is 13.2 Å². The summed E-state index contributed by atoms with van der Waals surface area (Å²) in [7, 11) is 0. The highest BCUT2D eigenvalue weighted by Crippen LogP contribution is 2.33. The molecule has 0 unspecified atom stereocenters. The minimum Gasteiger partial charge on any atom is -0.478 e. The Bertz CT molecular complexity index is 679. The summed E-state index contributed by atoms with van der Waals surface area (Å²) < 4.78 is 38.7. The SMILES string of the molecule is O=C(O)/C=C/c1cc(-c2ccncc2)cc(C(F)(F)F)c1. The van der Waals surface area contributed by atoms with Crippen LogP contribution in [0.5, 0.6) is 0 Å². The summed E-state index contributed by atoms with van der Waals surface area (Å²) in [5.74, 6) is -1.22. The number of carboxylic acids is 1. The lowest BCUT2D eigenvalue weighted by molar-refractivity contribution is -0.137. The third kappa shape index (κ3) is 3.92. The van der Waals surface area contributed by atoms with Crippen molar-refractivity contribution in [3.05, 3.63) is 59.9 Å². The molecule has 0 amide bonds. The first-order chi connectivity index (χ1) is 9.86. The van der Waals surface area contributed by atoms with E-state index in [1.165, 1.54) is 18.5 Å². The van der Waals surface area contributed by atoms with Crippen LogP contribution in [-0.4, -0.2) is 16.1 Å². The van der Waals surface area contributed by atoms with Crippen molar-refractivity contribution in [1.29, 1.82) is 0 Å². The molecular weight excluding hydrogens is 283 g/mol. The molecule has 0 saturated heterocycles. The molecule has 1 aromatic carbocycles. The van der Waals surface area contributed by atoms with Crippen LogP contribution in [0.4, 0.5) is 13.2 Å². The summed E-state index contributed by atoms with van der Waals surface area (Å²) in [6.07, 6.45) is 0.369. The minimum atomic E-state index is -4.51. The number of rotatable bonds is 3. The van der Waals surface area contributed by atoms with Gasteiger partial charge in [-0.15, -0.1) is 0 Å². The van der Waals surface area contributed by atoms with Crippen molar-refractivity contribution >= 4 is 12.0 Å². The third-order valence-electron chi connectivity index (χ3n) is 2.71. The first-order valence-electron chi connectivity index (χ1n) is 5.90. The van der Waals surface area contributed by atoms with Crippen molar-refractivity contribution < 1.29 is 23.1 Å². The van der Waals surface area contributed by atoms with Crippen molar-refractivity contribution in [2.24, 2.45) is 0 Å². The number of carboxylic acid groups (broad SMARTS) is 1. The van der Waals surface area contributed by atoms with Gasteiger partial charge in [0.05, 0.1) is 5.56 Å². The number of alkyl halides is 3. The Labute approximate surface area is 118 Å². The van der Waals surface area contributed by atoms with Gasteiger partial charge < -0.3 is 5.11 Å². The zero-order chi connectivity index (χ0) is 15.5. The van der Waals surface area contributed by atoms with Gasteiger partial charge in [0.15, 0.2) is 0 Å². The Kier molecular flexibility index (Phi) is 4.07. The molecule has 0 aliphatic heterocycles. The molecule has 0 bridgehead atoms. The minimum absolute atomic E-state index is 0.166. The van der Waals surface area contributed by atoms with Gasteiger partial charge in [-0.25, -0.2) is 4.79 Å². The Morgan fingerprint density at radius 3 is 2.33 bits per heavy atom. The Balaban J connectivity index is 2.55. The molecule has 3 nitrogen and oxygen atoms in total. The quantitative estimate of drug-likeness (QED) is 0.874. The number of aliphatic carboxylic acids is 1. The summed E-state index contributed by atoms with van der Waals surface area (Å²) in [5, 5.41) is 8.57. The fraction of sp³-hybridized carbons (Fsp3) is 0.0667. The highest BCUT2D eigenvalue weighted by molar-refractivity contribution is 5.85. The lowest BCUT2D eigenvalue weighted by Crippen LogP contribution is -2.05. The fourth-order valence-corrected chi connectivity index (χ4v) is 1.79. The molecular formula is C15H10F3NO2. The lowest BCUT2D eigenvalue weighted by atomic mass is 10.00. The second-order valence-electron chi connectivity index (χ2n) is 4.25. The molecule has 2 rings (SSSR count). The van der Waals surface area contributed by atoms with Gasteiger partial charge in [0.2, 0.25) is 0 Å². The van der Waals surface area contributed by atoms with Crippen LogP contribution in [0, 0.1) is 0 Å². The maximum Gasteiger partial charge on any atom is 0.416 e. The number of benzene rings is 1. The molecule has 6 heteroatoms. The van der Waals surface area contributed by atoms with E-state index < -0.39 is 17.7 Å². The molecule has 0 atom stereocenters. The normalized spacial score (nSPS) is 11.8. The van der Waals surface area contributed by atoms with Crippen molar-refractivity contribution in [2.75, 3.05) is 0 Å². The standard InChI is InChI=1S/C15H10F3NO2/c16-15(17,18)13-8-10(1-2-14(20)21)7-12(9-13)11-3-5-19-6-4-11/h1-9H,(H,20,21)/b2-1+. The predicted octanol–water partition coefficient (Wildman–Crippen LogP) is 3.87. The largest absolute Gasteiger partial charge is 0.478 e. The number of hydrogen-bond donors (Lipinski definition) is 1. The van der Waals surface area contributed by atoms with E-state index in [2.05, 4.69) is 4.98 Å². The average Bonchev–Trinajstić information content (AvgIpc) is 2.45. The highest BCUT2D eigenvalue weighted by atomic mass is 19.4. The van der Waals surface area contributed by atoms with Crippen LogP contribution < -0.4 is 0 Å². The van der Waals surface area contributed by atoms with E-state index in [4.69, 9.17) is 5.11 Å². The molecule has 21 heavy (non-hydrogen) atoms. The second kappa shape index (κ2) is 5.78. The summed E-state index contributed by atoms with van der Waals surface area (Å²) in [5.41, 5.74) is 0.249. The molecule has 108 valence electrons. The molecule has 0 aliphatic carbocycles. The number of nitrogens with zero attached hydrogens (tertiary/aromatic N) is 1. The number of hydrogen-bond acceptors (Lipinski definition) is 2. The van der Waals surface area contributed by atoms with Gasteiger partial charge in [0.25, 0.3) is 0 Å². The first kappa shape index (κ1) is 14.8. The van der Waals surface area contributed by atoms with E-state index in [1.807, 2.05) is 0 Å². The third-order valence-corrected chi connectivity index (χ3v) is 2.71. The number of halogens is 3. The van der Waals surface area contributed by atoms with E-state index in [0.717, 1.165) is 24.3 Å². The summed E-state index contributed by atoms with van der Waals surface area (Å²) in [6.45, 7) is 0. The lowest BCUT2D eigenvalue weighted by Gasteiger charge is -2.11. The Morgan fingerprint density at radius 1 is 1.10 bits per heavy atom. The fourth-order valence-electron chi connectivity index (χ4n) is 1.79. The highest BCUT2D eigenvalue weighted by Gasteiger charge is 2.31. The molecule has 2 aromatic rings. The maximum atomic E-state index is 12.9. The van der Waals surface area contributed by atoms with Gasteiger partial charge in [-0.1, -0.05) is 0 Å². The van der Waals surface area contributed by atoms with Crippen LogP contribution in [-0.2, 0) is 11.0 Å².